The molecule has 7 heteroatoms. The second-order valence-electron chi connectivity index (χ2n) is 5.73. The molecule has 0 spiro atoms. The summed E-state index contributed by atoms with van der Waals surface area (Å²) in [7, 11) is -3.55. The van der Waals surface area contributed by atoms with Gasteiger partial charge in [-0.1, -0.05) is 6.92 Å². The Bertz CT molecular complexity index is 588. The van der Waals surface area contributed by atoms with Crippen LogP contribution in [0.1, 0.15) is 27.2 Å². The van der Waals surface area contributed by atoms with Crippen molar-refractivity contribution in [3.05, 3.63) is 18.3 Å². The van der Waals surface area contributed by atoms with Gasteiger partial charge in [-0.3, -0.25) is 0 Å². The molecule has 0 atom stereocenters. The van der Waals surface area contributed by atoms with E-state index in [2.05, 4.69) is 24.1 Å². The normalized spacial score (nSPS) is 19.4. The minimum Gasteiger partial charge on any atom is -0.383 e. The minimum absolute atomic E-state index is 0.0584. The first-order chi connectivity index (χ1) is 9.87. The predicted octanol–water partition coefficient (Wildman–Crippen LogP) is 2.42. The lowest BCUT2D eigenvalue weighted by Gasteiger charge is -2.36. The van der Waals surface area contributed by atoms with Gasteiger partial charge in [-0.15, -0.1) is 0 Å². The maximum atomic E-state index is 12.9. The van der Waals surface area contributed by atoms with E-state index in [4.69, 9.17) is 0 Å². The summed E-state index contributed by atoms with van der Waals surface area (Å²) in [6, 6.07) is 3.53. The second-order valence-corrected chi connectivity index (χ2v) is 9.38. The van der Waals surface area contributed by atoms with Crippen LogP contribution >= 0.6 is 11.8 Å². The van der Waals surface area contributed by atoms with Crippen LogP contribution in [0.2, 0.25) is 0 Å². The minimum atomic E-state index is -3.55. The van der Waals surface area contributed by atoms with Crippen LogP contribution in [0.25, 0.3) is 0 Å². The summed E-state index contributed by atoms with van der Waals surface area (Å²) in [6.07, 6.45) is 2.47. The molecule has 1 aromatic heterocycles. The predicted molar refractivity (Wildman–Crippen MR) is 88.3 cm³/mol. The number of nitrogens with zero attached hydrogens (tertiary/aromatic N) is 2. The number of hydrogen-bond acceptors (Lipinski definition) is 5. The summed E-state index contributed by atoms with van der Waals surface area (Å²) in [6.45, 7) is 7.99. The molecule has 118 valence electrons. The Morgan fingerprint density at radius 3 is 2.90 bits per heavy atom. The number of sulfonamides is 1. The number of aromatic nitrogens is 1. The molecule has 21 heavy (non-hydrogen) atoms. The Kier molecular flexibility index (Phi) is 5.16. The molecule has 0 bridgehead atoms. The lowest BCUT2D eigenvalue weighted by Crippen LogP contribution is -2.46. The molecule has 0 radical (unpaired) electrons. The van der Waals surface area contributed by atoms with Crippen LogP contribution in [0.4, 0.5) is 5.69 Å². The standard InChI is InChI=1S/C14H23N3O2S2/c1-4-7-15-12-6-5-8-16-13(12)21(18,19)17-9-10-20-14(2,3)11-17/h5-6,8,15H,4,7,9-11H2,1-3H3. The maximum Gasteiger partial charge on any atom is 0.262 e. The highest BCUT2D eigenvalue weighted by Gasteiger charge is 2.36. The number of anilines is 1. The fourth-order valence-electron chi connectivity index (χ4n) is 2.29. The van der Waals surface area contributed by atoms with Crippen molar-refractivity contribution in [3.63, 3.8) is 0 Å². The van der Waals surface area contributed by atoms with E-state index in [1.54, 1.807) is 16.4 Å². The highest BCUT2D eigenvalue weighted by atomic mass is 32.2. The van der Waals surface area contributed by atoms with Crippen molar-refractivity contribution in [1.29, 1.82) is 0 Å². The third-order valence-electron chi connectivity index (χ3n) is 3.31. The van der Waals surface area contributed by atoms with E-state index >= 15 is 0 Å². The molecule has 2 rings (SSSR count). The van der Waals surface area contributed by atoms with Gasteiger partial charge in [0.25, 0.3) is 10.0 Å². The van der Waals surface area contributed by atoms with Gasteiger partial charge in [-0.2, -0.15) is 16.1 Å². The van der Waals surface area contributed by atoms with E-state index in [1.807, 2.05) is 18.7 Å². The van der Waals surface area contributed by atoms with Crippen LogP contribution in [-0.2, 0) is 10.0 Å². The molecule has 0 saturated carbocycles. The second kappa shape index (κ2) is 6.54. The van der Waals surface area contributed by atoms with Crippen LogP contribution in [0.15, 0.2) is 23.4 Å². The molecular formula is C14H23N3O2S2. The van der Waals surface area contributed by atoms with Crippen molar-refractivity contribution in [2.24, 2.45) is 0 Å². The fraction of sp³-hybridized carbons (Fsp3) is 0.643. The van der Waals surface area contributed by atoms with Gasteiger partial charge in [0, 0.05) is 36.3 Å². The van der Waals surface area contributed by atoms with E-state index in [-0.39, 0.29) is 9.77 Å². The summed E-state index contributed by atoms with van der Waals surface area (Å²) in [5.74, 6) is 0.816. The van der Waals surface area contributed by atoms with Crippen LogP contribution in [0, 0.1) is 0 Å². The Labute approximate surface area is 131 Å². The molecule has 1 aliphatic rings. The first kappa shape index (κ1) is 16.6. The summed E-state index contributed by atoms with van der Waals surface area (Å²) in [5, 5.41) is 3.30. The van der Waals surface area contributed by atoms with Crippen molar-refractivity contribution >= 4 is 27.5 Å². The van der Waals surface area contributed by atoms with Crippen LogP contribution in [0.3, 0.4) is 0 Å². The maximum absolute atomic E-state index is 12.9. The van der Waals surface area contributed by atoms with Gasteiger partial charge in [0.05, 0.1) is 5.69 Å². The zero-order chi connectivity index (χ0) is 15.5. The summed E-state index contributed by atoms with van der Waals surface area (Å²) in [4.78, 5) is 4.13. The Balaban J connectivity index is 2.31. The van der Waals surface area contributed by atoms with E-state index < -0.39 is 10.0 Å². The van der Waals surface area contributed by atoms with E-state index in [0.29, 0.717) is 18.8 Å². The number of hydrogen-bond donors (Lipinski definition) is 1. The highest BCUT2D eigenvalue weighted by molar-refractivity contribution is 8.00. The third-order valence-corrected chi connectivity index (χ3v) is 6.41. The third kappa shape index (κ3) is 3.90. The van der Waals surface area contributed by atoms with Crippen molar-refractivity contribution < 1.29 is 8.42 Å². The molecule has 5 nitrogen and oxygen atoms in total. The number of thioether (sulfide) groups is 1. The van der Waals surface area contributed by atoms with Gasteiger partial charge in [-0.25, -0.2) is 13.4 Å². The molecule has 0 aromatic carbocycles. The van der Waals surface area contributed by atoms with Crippen molar-refractivity contribution in [2.75, 3.05) is 30.7 Å². The van der Waals surface area contributed by atoms with Gasteiger partial charge in [-0.05, 0) is 32.4 Å². The molecule has 1 N–H and O–H groups in total. The molecule has 1 saturated heterocycles. The van der Waals surface area contributed by atoms with Crippen LogP contribution in [0.5, 0.6) is 0 Å². The van der Waals surface area contributed by atoms with Crippen molar-refractivity contribution in [3.8, 4) is 0 Å². The largest absolute Gasteiger partial charge is 0.383 e. The average molecular weight is 329 g/mol. The van der Waals surface area contributed by atoms with Gasteiger partial charge in [0.15, 0.2) is 5.03 Å². The van der Waals surface area contributed by atoms with Gasteiger partial charge >= 0.3 is 0 Å². The van der Waals surface area contributed by atoms with Gasteiger partial charge in [0.1, 0.15) is 0 Å². The fourth-order valence-corrected chi connectivity index (χ4v) is 5.28. The van der Waals surface area contributed by atoms with Gasteiger partial charge < -0.3 is 5.32 Å². The molecular weight excluding hydrogens is 306 g/mol. The summed E-state index contributed by atoms with van der Waals surface area (Å²) >= 11 is 1.81. The molecule has 0 aliphatic carbocycles. The zero-order valence-corrected chi connectivity index (χ0v) is 14.4. The quantitative estimate of drug-likeness (QED) is 0.899. The lowest BCUT2D eigenvalue weighted by molar-refractivity contribution is 0.386. The van der Waals surface area contributed by atoms with Crippen molar-refractivity contribution in [1.82, 2.24) is 9.29 Å². The SMILES string of the molecule is CCCNc1cccnc1S(=O)(=O)N1CCSC(C)(C)C1. The summed E-state index contributed by atoms with van der Waals surface area (Å²) in [5.41, 5.74) is 0.593. The Morgan fingerprint density at radius 2 is 2.24 bits per heavy atom. The average Bonchev–Trinajstić information content (AvgIpc) is 2.44. The molecule has 0 unspecified atom stereocenters. The Morgan fingerprint density at radius 1 is 1.48 bits per heavy atom. The topological polar surface area (TPSA) is 62.3 Å². The number of nitrogens with one attached hydrogen (secondary N) is 1. The van der Waals surface area contributed by atoms with E-state index in [9.17, 15) is 8.42 Å². The van der Waals surface area contributed by atoms with Crippen LogP contribution in [-0.4, -0.2) is 47.8 Å². The monoisotopic (exact) mass is 329 g/mol. The first-order valence-electron chi connectivity index (χ1n) is 7.20. The number of pyridine rings is 1. The van der Waals surface area contributed by atoms with Gasteiger partial charge in [0.2, 0.25) is 0 Å². The number of rotatable bonds is 5. The van der Waals surface area contributed by atoms with E-state index in [0.717, 1.165) is 18.7 Å². The van der Waals surface area contributed by atoms with E-state index in [1.165, 1.54) is 6.20 Å². The molecule has 1 aromatic rings. The lowest BCUT2D eigenvalue weighted by atomic mass is 10.2. The molecule has 0 amide bonds. The first-order valence-corrected chi connectivity index (χ1v) is 9.62. The molecule has 1 aliphatic heterocycles. The zero-order valence-electron chi connectivity index (χ0n) is 12.8. The Hall–Kier alpha value is -0.790. The molecule has 2 heterocycles. The van der Waals surface area contributed by atoms with Crippen molar-refractivity contribution in [2.45, 2.75) is 37.0 Å². The molecule has 1 fully saturated rings. The summed E-state index contributed by atoms with van der Waals surface area (Å²) < 4.78 is 27.2. The smallest absolute Gasteiger partial charge is 0.262 e. The van der Waals surface area contributed by atoms with Crippen LogP contribution < -0.4 is 5.32 Å². The highest BCUT2D eigenvalue weighted by Crippen LogP contribution is 2.33.